The molecule has 0 aliphatic heterocycles. The molecule has 0 radical (unpaired) electrons. The van der Waals surface area contributed by atoms with Gasteiger partial charge in [0.2, 0.25) is 5.91 Å². The van der Waals surface area contributed by atoms with Crippen molar-refractivity contribution in [1.82, 2.24) is 5.32 Å². The summed E-state index contributed by atoms with van der Waals surface area (Å²) >= 11 is 1.73. The molecular weight excluding hydrogens is 406 g/mol. The summed E-state index contributed by atoms with van der Waals surface area (Å²) in [7, 11) is 0. The molecule has 0 saturated carbocycles. The summed E-state index contributed by atoms with van der Waals surface area (Å²) in [4.78, 5) is 24.9. The molecule has 4 nitrogen and oxygen atoms in total. The van der Waals surface area contributed by atoms with E-state index in [0.29, 0.717) is 12.2 Å². The number of rotatable bonds is 11. The Balaban J connectivity index is 1.50. The van der Waals surface area contributed by atoms with E-state index in [0.717, 1.165) is 16.9 Å². The van der Waals surface area contributed by atoms with Crippen LogP contribution < -0.4 is 5.32 Å². The molecule has 0 spiro atoms. The lowest BCUT2D eigenvalue weighted by Crippen LogP contribution is -2.37. The number of amides is 1. The lowest BCUT2D eigenvalue weighted by Gasteiger charge is -2.17. The van der Waals surface area contributed by atoms with Crippen molar-refractivity contribution in [3.8, 4) is 0 Å². The van der Waals surface area contributed by atoms with E-state index in [4.69, 9.17) is 4.74 Å². The smallest absolute Gasteiger partial charge is 0.325 e. The first-order valence-corrected chi connectivity index (χ1v) is 11.5. The number of ether oxygens (including phenoxy) is 1. The number of benzene rings is 3. The summed E-state index contributed by atoms with van der Waals surface area (Å²) in [5.41, 5.74) is 3.26. The van der Waals surface area contributed by atoms with Crippen LogP contribution in [0.15, 0.2) is 91.0 Å². The second-order valence-corrected chi connectivity index (χ2v) is 8.28. The van der Waals surface area contributed by atoms with Crippen LogP contribution in [0.2, 0.25) is 0 Å². The molecule has 0 aromatic heterocycles. The fourth-order valence-corrected chi connectivity index (χ4v) is 4.21. The molecule has 0 aliphatic rings. The minimum atomic E-state index is -0.437. The zero-order chi connectivity index (χ0) is 21.7. The number of esters is 1. The van der Waals surface area contributed by atoms with Gasteiger partial charge in [0.05, 0.1) is 5.92 Å². The summed E-state index contributed by atoms with van der Waals surface area (Å²) < 4.78 is 5.26. The standard InChI is InChI=1S/C26H27NO3S/c28-25(30-18-22-12-6-2-7-13-22)17-27-26(29)24(16-21-10-4-1-5-11-21)20-31-19-23-14-8-3-9-15-23/h1-15,24H,16-20H2,(H,27,29). The first kappa shape index (κ1) is 22.6. The van der Waals surface area contributed by atoms with Gasteiger partial charge in [0.1, 0.15) is 13.2 Å². The Bertz CT molecular complexity index is 933. The molecule has 3 aromatic carbocycles. The number of thioether (sulfide) groups is 1. The monoisotopic (exact) mass is 433 g/mol. The van der Waals surface area contributed by atoms with Gasteiger partial charge in [0.15, 0.2) is 0 Å². The van der Waals surface area contributed by atoms with Gasteiger partial charge in [-0.05, 0) is 23.1 Å². The van der Waals surface area contributed by atoms with Crippen LogP contribution in [-0.4, -0.2) is 24.2 Å². The molecule has 3 rings (SSSR count). The molecule has 0 saturated heterocycles. The molecule has 1 N–H and O–H groups in total. The Morgan fingerprint density at radius 1 is 0.774 bits per heavy atom. The largest absolute Gasteiger partial charge is 0.460 e. The zero-order valence-corrected chi connectivity index (χ0v) is 18.2. The molecule has 0 bridgehead atoms. The van der Waals surface area contributed by atoms with E-state index in [1.807, 2.05) is 78.9 Å². The normalized spacial score (nSPS) is 11.5. The summed E-state index contributed by atoms with van der Waals surface area (Å²) in [5.74, 6) is 0.736. The lowest BCUT2D eigenvalue weighted by atomic mass is 10.0. The fourth-order valence-electron chi connectivity index (χ4n) is 3.11. The molecule has 1 amide bonds. The average Bonchev–Trinajstić information content (AvgIpc) is 2.82. The van der Waals surface area contributed by atoms with Gasteiger partial charge in [-0.15, -0.1) is 0 Å². The first-order valence-electron chi connectivity index (χ1n) is 10.3. The predicted molar refractivity (Wildman–Crippen MR) is 125 cm³/mol. The van der Waals surface area contributed by atoms with Crippen molar-refractivity contribution in [2.24, 2.45) is 5.92 Å². The molecular formula is C26H27NO3S. The van der Waals surface area contributed by atoms with Gasteiger partial charge in [-0.25, -0.2) is 0 Å². The molecule has 31 heavy (non-hydrogen) atoms. The lowest BCUT2D eigenvalue weighted by molar-refractivity contribution is -0.145. The number of carbonyl (C=O) groups is 2. The van der Waals surface area contributed by atoms with E-state index in [1.54, 1.807) is 11.8 Å². The maximum absolute atomic E-state index is 12.8. The molecule has 160 valence electrons. The SMILES string of the molecule is O=C(CNC(=O)C(CSCc1ccccc1)Cc1ccccc1)OCc1ccccc1. The van der Waals surface area contributed by atoms with Crippen LogP contribution in [0.5, 0.6) is 0 Å². The molecule has 5 heteroatoms. The minimum Gasteiger partial charge on any atom is -0.460 e. The number of hydrogen-bond acceptors (Lipinski definition) is 4. The molecule has 0 aliphatic carbocycles. The van der Waals surface area contributed by atoms with Crippen LogP contribution in [0.4, 0.5) is 0 Å². The van der Waals surface area contributed by atoms with Gasteiger partial charge in [-0.2, -0.15) is 11.8 Å². The summed E-state index contributed by atoms with van der Waals surface area (Å²) in [6, 6.07) is 29.7. The predicted octanol–water partition coefficient (Wildman–Crippen LogP) is 4.64. The molecule has 1 atom stereocenters. The van der Waals surface area contributed by atoms with E-state index < -0.39 is 5.97 Å². The highest BCUT2D eigenvalue weighted by atomic mass is 32.2. The molecule has 0 heterocycles. The van der Waals surface area contributed by atoms with Gasteiger partial charge in [-0.3, -0.25) is 9.59 Å². The van der Waals surface area contributed by atoms with Crippen LogP contribution in [0.3, 0.4) is 0 Å². The van der Waals surface area contributed by atoms with E-state index in [9.17, 15) is 9.59 Å². The van der Waals surface area contributed by atoms with Gasteiger partial charge in [0.25, 0.3) is 0 Å². The summed E-state index contributed by atoms with van der Waals surface area (Å²) in [6.07, 6.45) is 0.632. The summed E-state index contributed by atoms with van der Waals surface area (Å²) in [5, 5.41) is 2.76. The minimum absolute atomic E-state index is 0.124. The van der Waals surface area contributed by atoms with Gasteiger partial charge < -0.3 is 10.1 Å². The Kier molecular flexibility index (Phi) is 9.20. The van der Waals surface area contributed by atoms with E-state index in [2.05, 4.69) is 17.4 Å². The third kappa shape index (κ3) is 8.30. The number of nitrogens with one attached hydrogen (secondary N) is 1. The fraction of sp³-hybridized carbons (Fsp3) is 0.231. The number of hydrogen-bond donors (Lipinski definition) is 1. The van der Waals surface area contributed by atoms with Crippen LogP contribution >= 0.6 is 11.8 Å². The Hall–Kier alpha value is -3.05. The summed E-state index contributed by atoms with van der Waals surface area (Å²) in [6.45, 7) is 0.0796. The van der Waals surface area contributed by atoms with E-state index in [-0.39, 0.29) is 25.0 Å². The quantitative estimate of drug-likeness (QED) is 0.448. The topological polar surface area (TPSA) is 55.4 Å². The van der Waals surface area contributed by atoms with Gasteiger partial charge in [0, 0.05) is 11.5 Å². The molecule has 3 aromatic rings. The van der Waals surface area contributed by atoms with Crippen LogP contribution in [0, 0.1) is 5.92 Å². The Labute approximate surface area is 188 Å². The number of carbonyl (C=O) groups excluding carboxylic acids is 2. The van der Waals surface area contributed by atoms with Crippen LogP contribution in [0.25, 0.3) is 0 Å². The van der Waals surface area contributed by atoms with Gasteiger partial charge in [-0.1, -0.05) is 91.0 Å². The Morgan fingerprint density at radius 2 is 1.32 bits per heavy atom. The average molecular weight is 434 g/mol. The van der Waals surface area contributed by atoms with Crippen molar-refractivity contribution < 1.29 is 14.3 Å². The molecule has 0 fully saturated rings. The van der Waals surface area contributed by atoms with Crippen molar-refractivity contribution in [3.63, 3.8) is 0 Å². The van der Waals surface area contributed by atoms with Gasteiger partial charge >= 0.3 is 5.97 Å². The maximum Gasteiger partial charge on any atom is 0.325 e. The highest BCUT2D eigenvalue weighted by Crippen LogP contribution is 2.19. The van der Waals surface area contributed by atoms with Crippen molar-refractivity contribution in [1.29, 1.82) is 0 Å². The Morgan fingerprint density at radius 3 is 1.94 bits per heavy atom. The molecule has 1 unspecified atom stereocenters. The van der Waals surface area contributed by atoms with Crippen molar-refractivity contribution in [2.75, 3.05) is 12.3 Å². The highest BCUT2D eigenvalue weighted by molar-refractivity contribution is 7.98. The second-order valence-electron chi connectivity index (χ2n) is 7.25. The zero-order valence-electron chi connectivity index (χ0n) is 17.4. The van der Waals surface area contributed by atoms with Crippen molar-refractivity contribution >= 4 is 23.6 Å². The first-order chi connectivity index (χ1) is 15.2. The maximum atomic E-state index is 12.8. The highest BCUT2D eigenvalue weighted by Gasteiger charge is 2.20. The van der Waals surface area contributed by atoms with Crippen LogP contribution in [-0.2, 0) is 33.1 Å². The van der Waals surface area contributed by atoms with Crippen molar-refractivity contribution in [3.05, 3.63) is 108 Å². The third-order valence-electron chi connectivity index (χ3n) is 4.78. The van der Waals surface area contributed by atoms with Crippen molar-refractivity contribution in [2.45, 2.75) is 18.8 Å². The van der Waals surface area contributed by atoms with E-state index >= 15 is 0 Å². The van der Waals surface area contributed by atoms with Crippen LogP contribution in [0.1, 0.15) is 16.7 Å². The second kappa shape index (κ2) is 12.6. The van der Waals surface area contributed by atoms with E-state index in [1.165, 1.54) is 5.56 Å². The third-order valence-corrected chi connectivity index (χ3v) is 5.95.